The molecule has 0 aromatic heterocycles. The first-order valence-electron chi connectivity index (χ1n) is 11.1. The van der Waals surface area contributed by atoms with Crippen LogP contribution >= 0.6 is 15.9 Å². The predicted molar refractivity (Wildman–Crippen MR) is 138 cm³/mol. The normalized spacial score (nSPS) is 12.7. The van der Waals surface area contributed by atoms with E-state index in [1.165, 1.54) is 4.90 Å². The van der Waals surface area contributed by atoms with Crippen molar-refractivity contribution in [3.8, 4) is 5.75 Å². The van der Waals surface area contributed by atoms with Gasteiger partial charge in [-0.25, -0.2) is 0 Å². The zero-order valence-corrected chi connectivity index (χ0v) is 20.5. The molecule has 1 aliphatic rings. The Bertz CT molecular complexity index is 1450. The molecule has 7 heteroatoms. The number of carbonyl (C=O) groups is 3. The van der Waals surface area contributed by atoms with Crippen LogP contribution in [0.5, 0.6) is 5.75 Å². The molecule has 6 nitrogen and oxygen atoms in total. The third kappa shape index (κ3) is 4.08. The summed E-state index contributed by atoms with van der Waals surface area (Å²) in [4.78, 5) is 43.0. The molecule has 1 heterocycles. The highest BCUT2D eigenvalue weighted by Gasteiger charge is 2.33. The van der Waals surface area contributed by atoms with Crippen LogP contribution in [-0.2, 0) is 0 Å². The number of anilines is 1. The molecule has 0 spiro atoms. The van der Waals surface area contributed by atoms with E-state index in [2.05, 4.69) is 15.9 Å². The van der Waals surface area contributed by atoms with Crippen LogP contribution < -0.4 is 9.64 Å². The Morgan fingerprint density at radius 2 is 1.60 bits per heavy atom. The summed E-state index contributed by atoms with van der Waals surface area (Å²) in [7, 11) is 1.54. The minimum Gasteiger partial charge on any atom is -0.497 e. The summed E-state index contributed by atoms with van der Waals surface area (Å²) < 4.78 is 6.10. The van der Waals surface area contributed by atoms with Crippen LogP contribution in [0.2, 0.25) is 0 Å². The lowest BCUT2D eigenvalue weighted by Gasteiger charge is -2.30. The minimum atomic E-state index is -0.368. The molecule has 0 saturated heterocycles. The molecule has 0 N–H and O–H groups in total. The van der Waals surface area contributed by atoms with Gasteiger partial charge < -0.3 is 9.64 Å². The van der Waals surface area contributed by atoms with Gasteiger partial charge in [-0.2, -0.15) is 0 Å². The number of halogens is 1. The molecule has 0 aliphatic carbocycles. The van der Waals surface area contributed by atoms with Gasteiger partial charge in [0.15, 0.2) is 0 Å². The van der Waals surface area contributed by atoms with Crippen molar-refractivity contribution in [2.45, 2.75) is 0 Å². The van der Waals surface area contributed by atoms with Gasteiger partial charge in [-0.3, -0.25) is 19.3 Å². The Balaban J connectivity index is 1.47. The smallest absolute Gasteiger partial charge is 0.261 e. The zero-order valence-electron chi connectivity index (χ0n) is 18.9. The summed E-state index contributed by atoms with van der Waals surface area (Å²) in [5.41, 5.74) is 2.07. The number of imide groups is 1. The molecule has 174 valence electrons. The molecule has 0 saturated carbocycles. The Morgan fingerprint density at radius 3 is 2.34 bits per heavy atom. The van der Waals surface area contributed by atoms with Crippen molar-refractivity contribution in [3.63, 3.8) is 0 Å². The number of benzene rings is 4. The quantitative estimate of drug-likeness (QED) is 0.307. The number of hydrogen-bond donors (Lipinski definition) is 0. The lowest BCUT2D eigenvalue weighted by Crippen LogP contribution is -2.46. The summed E-state index contributed by atoms with van der Waals surface area (Å²) in [6.07, 6.45) is 0. The Labute approximate surface area is 210 Å². The number of amides is 3. The van der Waals surface area contributed by atoms with Gasteiger partial charge in [0.2, 0.25) is 0 Å². The molecule has 0 bridgehead atoms. The van der Waals surface area contributed by atoms with Crippen LogP contribution in [-0.4, -0.2) is 42.8 Å². The second kappa shape index (κ2) is 9.35. The topological polar surface area (TPSA) is 66.9 Å². The molecule has 5 rings (SSSR count). The Hall–Kier alpha value is -3.97. The van der Waals surface area contributed by atoms with Gasteiger partial charge in [0.25, 0.3) is 17.7 Å². The summed E-state index contributed by atoms with van der Waals surface area (Å²) >= 11 is 3.51. The first-order valence-corrected chi connectivity index (χ1v) is 11.9. The van der Waals surface area contributed by atoms with E-state index in [1.807, 2.05) is 42.5 Å². The molecule has 3 amide bonds. The lowest BCUT2D eigenvalue weighted by molar-refractivity contribution is 0.0611. The third-order valence-electron chi connectivity index (χ3n) is 6.12. The molecule has 4 aromatic carbocycles. The van der Waals surface area contributed by atoms with Crippen molar-refractivity contribution in [1.29, 1.82) is 0 Å². The van der Waals surface area contributed by atoms with Gasteiger partial charge in [-0.1, -0.05) is 52.3 Å². The predicted octanol–water partition coefficient (Wildman–Crippen LogP) is 5.55. The summed E-state index contributed by atoms with van der Waals surface area (Å²) in [5, 5.41) is 1.47. The van der Waals surface area contributed by atoms with Gasteiger partial charge in [-0.05, 0) is 53.9 Å². The fourth-order valence-corrected chi connectivity index (χ4v) is 4.84. The SMILES string of the molecule is COc1cccc(C(=O)N(CCN2C(=O)c3cccc4c(Br)ccc(c34)C2=O)c2ccccc2)c1. The van der Waals surface area contributed by atoms with Crippen LogP contribution in [0.1, 0.15) is 31.1 Å². The van der Waals surface area contributed by atoms with E-state index in [4.69, 9.17) is 4.74 Å². The van der Waals surface area contributed by atoms with Crippen LogP contribution in [0.25, 0.3) is 10.8 Å². The molecule has 0 fully saturated rings. The first kappa shape index (κ1) is 22.8. The maximum absolute atomic E-state index is 13.5. The van der Waals surface area contributed by atoms with Gasteiger partial charge in [0.05, 0.1) is 7.11 Å². The maximum atomic E-state index is 13.5. The zero-order chi connectivity index (χ0) is 24.5. The summed E-state index contributed by atoms with van der Waals surface area (Å²) in [5.74, 6) is -0.416. The second-order valence-corrected chi connectivity index (χ2v) is 8.96. The fourth-order valence-electron chi connectivity index (χ4n) is 4.38. The van der Waals surface area contributed by atoms with Gasteiger partial charge in [-0.15, -0.1) is 0 Å². The van der Waals surface area contributed by atoms with Crippen molar-refractivity contribution in [1.82, 2.24) is 4.90 Å². The number of nitrogens with zero attached hydrogens (tertiary/aromatic N) is 2. The number of hydrogen-bond acceptors (Lipinski definition) is 4. The van der Waals surface area contributed by atoms with E-state index >= 15 is 0 Å². The maximum Gasteiger partial charge on any atom is 0.261 e. The molecule has 0 atom stereocenters. The average Bonchev–Trinajstić information content (AvgIpc) is 2.90. The van der Waals surface area contributed by atoms with Gasteiger partial charge in [0, 0.05) is 45.3 Å². The number of ether oxygens (including phenoxy) is 1. The number of carbonyl (C=O) groups excluding carboxylic acids is 3. The second-order valence-electron chi connectivity index (χ2n) is 8.11. The van der Waals surface area contributed by atoms with Crippen molar-refractivity contribution in [2.24, 2.45) is 0 Å². The average molecular weight is 529 g/mol. The summed E-state index contributed by atoms with van der Waals surface area (Å²) in [6.45, 7) is 0.188. The van der Waals surface area contributed by atoms with Crippen LogP contribution in [0.15, 0.2) is 89.4 Å². The van der Waals surface area contributed by atoms with Crippen molar-refractivity contribution in [2.75, 3.05) is 25.1 Å². The highest BCUT2D eigenvalue weighted by Crippen LogP contribution is 2.34. The van der Waals surface area contributed by atoms with Crippen LogP contribution in [0.4, 0.5) is 5.69 Å². The largest absolute Gasteiger partial charge is 0.497 e. The van der Waals surface area contributed by atoms with Crippen molar-refractivity contribution < 1.29 is 19.1 Å². The summed E-state index contributed by atoms with van der Waals surface area (Å²) in [6, 6.07) is 25.1. The van der Waals surface area contributed by atoms with Crippen LogP contribution in [0.3, 0.4) is 0 Å². The third-order valence-corrected chi connectivity index (χ3v) is 6.81. The monoisotopic (exact) mass is 528 g/mol. The van der Waals surface area contributed by atoms with E-state index < -0.39 is 0 Å². The molecule has 4 aromatic rings. The number of methoxy groups -OCH3 is 1. The van der Waals surface area contributed by atoms with Gasteiger partial charge >= 0.3 is 0 Å². The van der Waals surface area contributed by atoms with E-state index in [0.29, 0.717) is 33.5 Å². The van der Waals surface area contributed by atoms with E-state index in [0.717, 1.165) is 9.86 Å². The Kier molecular flexibility index (Phi) is 6.09. The van der Waals surface area contributed by atoms with E-state index in [1.54, 1.807) is 54.5 Å². The van der Waals surface area contributed by atoms with E-state index in [-0.39, 0.29) is 30.8 Å². The molecular weight excluding hydrogens is 508 g/mol. The van der Waals surface area contributed by atoms with Crippen molar-refractivity contribution >= 4 is 50.1 Å². The molecule has 35 heavy (non-hydrogen) atoms. The molecular formula is C28H21BrN2O4. The van der Waals surface area contributed by atoms with E-state index in [9.17, 15) is 14.4 Å². The lowest BCUT2D eigenvalue weighted by atomic mass is 9.94. The minimum absolute atomic E-state index is 0.0498. The number of rotatable bonds is 6. The Morgan fingerprint density at radius 1 is 0.886 bits per heavy atom. The highest BCUT2D eigenvalue weighted by molar-refractivity contribution is 9.10. The molecule has 0 radical (unpaired) electrons. The van der Waals surface area contributed by atoms with Crippen molar-refractivity contribution in [3.05, 3.63) is 106 Å². The number of para-hydroxylation sites is 1. The highest BCUT2D eigenvalue weighted by atomic mass is 79.9. The molecule has 0 unspecified atom stereocenters. The van der Waals surface area contributed by atoms with Gasteiger partial charge in [0.1, 0.15) is 5.75 Å². The van der Waals surface area contributed by atoms with Crippen LogP contribution in [0, 0.1) is 0 Å². The molecule has 1 aliphatic heterocycles. The standard InChI is InChI=1S/C28H21BrN2O4/c1-35-20-10-5-7-18(17-20)26(32)30(19-8-3-2-4-9-19)15-16-31-27(33)22-12-6-11-21-24(29)14-13-23(25(21)22)28(31)34/h2-14,17H,15-16H2,1H3. The fraction of sp³-hybridized carbons (Fsp3) is 0.107. The first-order chi connectivity index (χ1) is 17.0.